The second-order valence-corrected chi connectivity index (χ2v) is 30.4. The van der Waals surface area contributed by atoms with Crippen LogP contribution < -0.4 is 52.4 Å². The molecular weight excluding hydrogens is 1470 g/mol. The highest BCUT2D eigenvalue weighted by Crippen LogP contribution is 2.46. The lowest BCUT2D eigenvalue weighted by atomic mass is 9.87. The number of amides is 9. The molecule has 5 aliphatic rings. The molecule has 5 aromatic carbocycles. The number of carbonyl (C=O) groups is 8. The van der Waals surface area contributed by atoms with Crippen molar-refractivity contribution in [1.29, 1.82) is 0 Å². The number of hydrogen-bond acceptors (Lipinski definition) is 21. The Hall–Kier alpha value is -10.8. The average Bonchev–Trinajstić information content (AvgIpc) is 1.09. The summed E-state index contributed by atoms with van der Waals surface area (Å²) in [6, 6.07) is 40.2. The maximum atomic E-state index is 13.6. The van der Waals surface area contributed by atoms with Crippen LogP contribution in [0.4, 0.5) is 16.4 Å². The molecule has 0 bridgehead atoms. The minimum absolute atomic E-state index is 0.00672. The Kier molecular flexibility index (Phi) is 25.9. The number of primary amides is 1. The number of benzene rings is 5. The number of urea groups is 1. The third-order valence-electron chi connectivity index (χ3n) is 20.4. The number of nitrogens with one attached hydrogen (secondary N) is 6. The van der Waals surface area contributed by atoms with Crippen molar-refractivity contribution in [2.75, 3.05) is 109 Å². The van der Waals surface area contributed by atoms with Gasteiger partial charge in [-0.15, -0.1) is 0 Å². The number of aromatic nitrogens is 4. The molecule has 13 rings (SSSR count). The van der Waals surface area contributed by atoms with E-state index in [2.05, 4.69) is 60.1 Å². The number of H-pyrrole nitrogens is 1. The molecule has 8 N–H and O–H groups in total. The number of aryl methyl sites for hydroxylation is 1. The van der Waals surface area contributed by atoms with Gasteiger partial charge in [-0.1, -0.05) is 108 Å². The summed E-state index contributed by atoms with van der Waals surface area (Å²) in [6.45, 7) is 5.23. The van der Waals surface area contributed by atoms with Crippen LogP contribution in [0.3, 0.4) is 0 Å². The van der Waals surface area contributed by atoms with Gasteiger partial charge in [-0.3, -0.25) is 53.5 Å². The van der Waals surface area contributed by atoms with E-state index in [1.54, 1.807) is 31.0 Å². The fourth-order valence-electron chi connectivity index (χ4n) is 14.1. The molecule has 28 nitrogen and oxygen atoms in total. The summed E-state index contributed by atoms with van der Waals surface area (Å²) in [5.41, 5.74) is 9.13. The Bertz CT molecular complexity index is 4900. The topological polar surface area (TPSA) is 345 Å². The Morgan fingerprint density at radius 2 is 1.44 bits per heavy atom. The summed E-state index contributed by atoms with van der Waals surface area (Å²) in [5.74, 6) is 3.46. The highest BCUT2D eigenvalue weighted by molar-refractivity contribution is 8.08. The molecule has 2 atom stereocenters. The number of pyridine rings is 1. The number of ether oxygens (including phenoxy) is 5. The lowest BCUT2D eigenvalue weighted by Crippen LogP contribution is -2.55. The second kappa shape index (κ2) is 36.6. The number of likely N-dealkylation sites (tertiary alicyclic amines) is 1. The minimum Gasteiger partial charge on any atom is -0.495 e. The number of rotatable bonds is 34. The number of carbonyl (C=O) groups excluding carboxylic acids is 8. The predicted octanol–water partition coefficient (Wildman–Crippen LogP) is 6.97. The molecule has 112 heavy (non-hydrogen) atoms. The maximum Gasteiger partial charge on any atom is 0.328 e. The zero-order chi connectivity index (χ0) is 78.3. The number of imide groups is 2. The predicted molar refractivity (Wildman–Crippen MR) is 424 cm³/mol. The van der Waals surface area contributed by atoms with Gasteiger partial charge in [0.25, 0.3) is 17.4 Å². The molecule has 30 heteroatoms. The van der Waals surface area contributed by atoms with Crippen molar-refractivity contribution >= 4 is 104 Å². The lowest BCUT2D eigenvalue weighted by Gasteiger charge is -2.45. The van der Waals surface area contributed by atoms with E-state index in [1.807, 2.05) is 134 Å². The van der Waals surface area contributed by atoms with Gasteiger partial charge < -0.3 is 70.0 Å². The molecule has 8 aromatic rings. The number of anilines is 2. The summed E-state index contributed by atoms with van der Waals surface area (Å²) >= 11 is 2.48. The molecule has 0 radical (unpaired) electrons. The van der Waals surface area contributed by atoms with E-state index in [1.165, 1.54) is 33.3 Å². The quantitative estimate of drug-likeness (QED) is 0.00926. The molecule has 4 fully saturated rings. The first-order valence-corrected chi connectivity index (χ1v) is 39.1. The molecular formula is C82H90N14O14S2. The summed E-state index contributed by atoms with van der Waals surface area (Å²) in [5, 5.41) is 15.3. The Labute approximate surface area is 656 Å². The smallest absolute Gasteiger partial charge is 0.328 e. The highest BCUT2D eigenvalue weighted by Gasteiger charge is 2.46. The Morgan fingerprint density at radius 3 is 2.11 bits per heavy atom. The number of nitrogens with zero attached hydrogens (tertiary/aromatic N) is 7. The number of fused-ring (bicyclic) bond motifs is 2. The standard InChI is InChI=1S/C82H90N14O14S2/c1-81(87-34-13-14-53-21-26-66(106-3)65(46-53)95-38-30-68(98)90-80(95)105)32-39-93(40-33-81)56-28-36-94(37-29-56)79-89-63-25-22-54(62-50-92(2)76(102)71-60(62)27-35-84-71)47-61(63)74(91-79)82(110-57-23-24-57,55-15-7-4-8-16-55)51-109-52-86-70(100)49-85-75(101)64(48-67(83)97)88-69(99)31-42-107-44-45-108-43-41-96-77(103)72(111-58-17-9-5-10-18-58)73(78(96)104)112-59-19-11-6-12-20-59/h4-12,15-22,25-27,35,46-47,50,56-57,64,84,87H,23-24,28-34,36-45,48-49,51-52H2,1-3H3,(H2,83,97)(H,85,101)(H,86,100)(H,88,99)(H,90,98,105)/t64-,82-/m0/s1. The molecule has 4 aliphatic heterocycles. The second-order valence-electron chi connectivity index (χ2n) is 28.3. The third kappa shape index (κ3) is 19.4. The van der Waals surface area contributed by atoms with Crippen LogP contribution >= 0.6 is 23.5 Å². The van der Waals surface area contributed by atoms with E-state index in [0.29, 0.717) is 75.0 Å². The zero-order valence-electron chi connectivity index (χ0n) is 62.6. The van der Waals surface area contributed by atoms with Crippen molar-refractivity contribution < 1.29 is 62.0 Å². The van der Waals surface area contributed by atoms with Gasteiger partial charge in [-0.05, 0) is 117 Å². The van der Waals surface area contributed by atoms with Crippen LogP contribution in [0.5, 0.6) is 5.75 Å². The van der Waals surface area contributed by atoms with Crippen molar-refractivity contribution in [3.8, 4) is 28.7 Å². The molecule has 1 aliphatic carbocycles. The molecule has 0 unspecified atom stereocenters. The number of hydrogen-bond donors (Lipinski definition) is 7. The monoisotopic (exact) mass is 1560 g/mol. The van der Waals surface area contributed by atoms with E-state index in [0.717, 1.165) is 89.0 Å². The summed E-state index contributed by atoms with van der Waals surface area (Å²) < 4.78 is 32.3. The van der Waals surface area contributed by atoms with E-state index in [4.69, 9.17) is 39.4 Å². The van der Waals surface area contributed by atoms with Crippen LogP contribution in [0.2, 0.25) is 0 Å². The van der Waals surface area contributed by atoms with Gasteiger partial charge in [0.15, 0.2) is 5.60 Å². The fourth-order valence-corrected chi connectivity index (χ4v) is 16.2. The van der Waals surface area contributed by atoms with Gasteiger partial charge in [0.1, 0.15) is 24.0 Å². The summed E-state index contributed by atoms with van der Waals surface area (Å²) in [6.07, 6.45) is 8.00. The van der Waals surface area contributed by atoms with Gasteiger partial charge in [-0.25, -0.2) is 14.8 Å². The normalized spacial score (nSPS) is 16.9. The van der Waals surface area contributed by atoms with E-state index < -0.39 is 66.1 Å². The van der Waals surface area contributed by atoms with Crippen molar-refractivity contribution in [2.24, 2.45) is 12.8 Å². The van der Waals surface area contributed by atoms with Crippen LogP contribution in [-0.4, -0.2) is 200 Å². The van der Waals surface area contributed by atoms with Crippen LogP contribution in [0.1, 0.15) is 81.5 Å². The first kappa shape index (κ1) is 79.3. The van der Waals surface area contributed by atoms with Gasteiger partial charge in [-0.2, -0.15) is 0 Å². The molecule has 0 spiro atoms. The Morgan fingerprint density at radius 1 is 0.750 bits per heavy atom. The SMILES string of the molecule is COc1ccc(C#CCNC2(C)CCN(C3CCN(c4nc([C@@](COCNC(=O)CNC(=O)[C@H](CC(N)=O)NC(=O)CCOCCOCCN5C(=O)C(Sc6ccccc6)=C(Sc6ccccc6)C5=O)(OC5CC5)c5ccccc5)c5cc(-c6cn(C)c(=O)c7[nH]ccc67)ccc5n4)CC3)CC2)cc1N1CCC(=O)NC1=O. The van der Waals surface area contributed by atoms with Crippen molar-refractivity contribution in [3.05, 3.63) is 183 Å². The number of piperidine rings is 2. The minimum atomic E-state index is -1.41. The van der Waals surface area contributed by atoms with Crippen molar-refractivity contribution in [2.45, 2.75) is 104 Å². The van der Waals surface area contributed by atoms with E-state index in [-0.39, 0.29) is 88.8 Å². The Balaban J connectivity index is 0.622. The maximum absolute atomic E-state index is 13.6. The molecule has 584 valence electrons. The van der Waals surface area contributed by atoms with Crippen LogP contribution in [-0.2, 0) is 65.2 Å². The van der Waals surface area contributed by atoms with Gasteiger partial charge in [0.2, 0.25) is 35.5 Å². The van der Waals surface area contributed by atoms with Crippen LogP contribution in [0, 0.1) is 11.8 Å². The number of nitrogens with two attached hydrogens (primary N) is 1. The number of aromatic amines is 1. The highest BCUT2D eigenvalue weighted by atomic mass is 32.2. The van der Waals surface area contributed by atoms with E-state index >= 15 is 0 Å². The van der Waals surface area contributed by atoms with Crippen molar-refractivity contribution in [3.63, 3.8) is 0 Å². The third-order valence-corrected chi connectivity index (χ3v) is 22.7. The van der Waals surface area contributed by atoms with Gasteiger partial charge >= 0.3 is 6.03 Å². The van der Waals surface area contributed by atoms with Crippen molar-refractivity contribution in [1.82, 2.24) is 55.9 Å². The van der Waals surface area contributed by atoms with Crippen LogP contribution in [0.25, 0.3) is 32.9 Å². The molecule has 3 aromatic heterocycles. The molecule has 3 saturated heterocycles. The average molecular weight is 1560 g/mol. The van der Waals surface area contributed by atoms with E-state index in [9.17, 15) is 43.2 Å². The molecule has 7 heterocycles. The first-order chi connectivity index (χ1) is 54.3. The largest absolute Gasteiger partial charge is 0.495 e. The first-order valence-electron chi connectivity index (χ1n) is 37.5. The summed E-state index contributed by atoms with van der Waals surface area (Å²) in [4.78, 5) is 142. The van der Waals surface area contributed by atoms with Crippen LogP contribution in [0.15, 0.2) is 170 Å². The number of thioether (sulfide) groups is 2. The van der Waals surface area contributed by atoms with Gasteiger partial charge in [0.05, 0.1) is 99.0 Å². The number of methoxy groups -OCH3 is 1. The lowest BCUT2D eigenvalue weighted by molar-refractivity contribution is -0.138. The summed E-state index contributed by atoms with van der Waals surface area (Å²) in [7, 11) is 3.26. The zero-order valence-corrected chi connectivity index (χ0v) is 64.2. The van der Waals surface area contributed by atoms with Gasteiger partial charge in [0, 0.05) is 108 Å². The fraction of sp³-hybridized carbons (Fsp3) is 0.378. The molecule has 9 amide bonds. The molecule has 1 saturated carbocycles.